The fourth-order valence-electron chi connectivity index (χ4n) is 3.78. The number of nitrogens with zero attached hydrogens (tertiary/aromatic N) is 4. The molecule has 0 aromatic carbocycles. The van der Waals surface area contributed by atoms with Crippen LogP contribution in [0.1, 0.15) is 119 Å². The number of hydrogen-bond donors (Lipinski definition) is 3. The number of nitrogens with one attached hydrogen (secondary N) is 1. The van der Waals surface area contributed by atoms with Crippen LogP contribution in [0.15, 0.2) is 4.99 Å². The minimum atomic E-state index is -1.86. The van der Waals surface area contributed by atoms with Crippen molar-refractivity contribution in [1.29, 1.82) is 0 Å². The summed E-state index contributed by atoms with van der Waals surface area (Å²) in [4.78, 5) is 29.5. The van der Waals surface area contributed by atoms with E-state index in [9.17, 15) is 5.11 Å². The smallest absolute Gasteiger partial charge is 0.343 e. The van der Waals surface area contributed by atoms with Crippen LogP contribution in [0.4, 0.5) is 0 Å². The number of aliphatic imine (C=N–C) groups is 1. The monoisotopic (exact) mass is 592 g/mol. The Kier molecular flexibility index (Phi) is 20.7. The predicted molar refractivity (Wildman–Crippen MR) is 158 cm³/mol. The minimum absolute atomic E-state index is 0.0476. The van der Waals surface area contributed by atoms with Crippen molar-refractivity contribution in [3.8, 4) is 0 Å². The lowest BCUT2D eigenvalue weighted by atomic mass is 10.3. The highest BCUT2D eigenvalue weighted by atomic mass is 16.9. The molecule has 1 aliphatic heterocycles. The number of rotatable bonds is 27. The van der Waals surface area contributed by atoms with Gasteiger partial charge in [0.25, 0.3) is 0 Å². The molecule has 2 atom stereocenters. The van der Waals surface area contributed by atoms with Gasteiger partial charge in [0.05, 0.1) is 39.6 Å². The highest BCUT2D eigenvalue weighted by molar-refractivity contribution is 5.78. The topological polar surface area (TPSA) is 136 Å². The summed E-state index contributed by atoms with van der Waals surface area (Å²) in [7, 11) is 0. The number of guanidine groups is 1. The molecular formula is C28H60N6O7. The number of aliphatic hydroxyl groups excluding tert-OH is 1. The van der Waals surface area contributed by atoms with Gasteiger partial charge in [-0.15, -0.1) is 5.48 Å². The molecule has 0 aromatic rings. The lowest BCUT2D eigenvalue weighted by Gasteiger charge is -2.57. The van der Waals surface area contributed by atoms with Gasteiger partial charge >= 0.3 is 11.9 Å². The number of hydroxylamine groups is 7. The number of hydrogen-bond acceptors (Lipinski definition) is 13. The molecule has 1 rings (SSSR count). The zero-order valence-corrected chi connectivity index (χ0v) is 26.7. The van der Waals surface area contributed by atoms with Gasteiger partial charge in [-0.2, -0.15) is 10.1 Å². The van der Waals surface area contributed by atoms with Gasteiger partial charge in [0.2, 0.25) is 5.96 Å². The van der Waals surface area contributed by atoms with Gasteiger partial charge in [0.15, 0.2) is 0 Å². The molecule has 0 aromatic heterocycles. The Morgan fingerprint density at radius 3 is 1.83 bits per heavy atom. The molecule has 0 amide bonds. The molecule has 0 spiro atoms. The molecule has 0 aliphatic carbocycles. The second kappa shape index (κ2) is 22.4. The Hall–Kier alpha value is -1.13. The van der Waals surface area contributed by atoms with Crippen LogP contribution in [0.2, 0.25) is 0 Å². The number of unbranched alkanes of at least 4 members (excludes halogenated alkanes) is 6. The molecule has 13 nitrogen and oxygen atoms in total. The summed E-state index contributed by atoms with van der Waals surface area (Å²) >= 11 is 0. The first-order valence-corrected chi connectivity index (χ1v) is 15.9. The summed E-state index contributed by atoms with van der Waals surface area (Å²) in [6.07, 6.45) is 9.98. The van der Waals surface area contributed by atoms with E-state index in [0.717, 1.165) is 77.0 Å². The van der Waals surface area contributed by atoms with Gasteiger partial charge in [0, 0.05) is 0 Å². The van der Waals surface area contributed by atoms with E-state index in [1.807, 2.05) is 0 Å². The zero-order chi connectivity index (χ0) is 30.4. The van der Waals surface area contributed by atoms with E-state index in [4.69, 9.17) is 39.6 Å². The Balaban J connectivity index is 3.88. The summed E-state index contributed by atoms with van der Waals surface area (Å²) in [5.74, 6) is -3.69. The third kappa shape index (κ3) is 11.5. The summed E-state index contributed by atoms with van der Waals surface area (Å²) in [6, 6.07) is 0. The predicted octanol–water partition coefficient (Wildman–Crippen LogP) is 4.54. The van der Waals surface area contributed by atoms with Gasteiger partial charge in [-0.3, -0.25) is 19.4 Å². The van der Waals surface area contributed by atoms with E-state index in [0.29, 0.717) is 33.0 Å². The van der Waals surface area contributed by atoms with Crippen molar-refractivity contribution >= 4 is 5.96 Å². The molecule has 244 valence electrons. The zero-order valence-electron chi connectivity index (χ0n) is 26.7. The Labute approximate surface area is 248 Å². The van der Waals surface area contributed by atoms with E-state index < -0.39 is 18.7 Å². The van der Waals surface area contributed by atoms with Gasteiger partial charge in [-0.25, -0.2) is 0 Å². The summed E-state index contributed by atoms with van der Waals surface area (Å²) in [6.45, 7) is 13.8. The van der Waals surface area contributed by atoms with E-state index in [1.54, 1.807) is 0 Å². The van der Waals surface area contributed by atoms with Crippen LogP contribution in [0.5, 0.6) is 0 Å². The van der Waals surface area contributed by atoms with Crippen molar-refractivity contribution in [2.75, 3.05) is 46.4 Å². The quantitative estimate of drug-likeness (QED) is 0.0702. The Morgan fingerprint density at radius 1 is 0.732 bits per heavy atom. The van der Waals surface area contributed by atoms with Crippen LogP contribution in [-0.4, -0.2) is 84.6 Å². The molecule has 0 bridgehead atoms. The molecule has 41 heavy (non-hydrogen) atoms. The van der Waals surface area contributed by atoms with Gasteiger partial charge in [-0.1, -0.05) is 90.2 Å². The van der Waals surface area contributed by atoms with Crippen molar-refractivity contribution in [3.63, 3.8) is 0 Å². The molecule has 2 unspecified atom stereocenters. The van der Waals surface area contributed by atoms with Crippen LogP contribution in [0, 0.1) is 0 Å². The number of aliphatic hydroxyl groups is 1. The van der Waals surface area contributed by atoms with Crippen LogP contribution >= 0.6 is 0 Å². The van der Waals surface area contributed by atoms with Crippen molar-refractivity contribution in [3.05, 3.63) is 0 Å². The molecular weight excluding hydrogens is 532 g/mol. The Bertz CT molecular complexity index is 680. The van der Waals surface area contributed by atoms with E-state index in [1.165, 1.54) is 15.2 Å². The second-order valence-corrected chi connectivity index (χ2v) is 10.0. The fourth-order valence-corrected chi connectivity index (χ4v) is 3.78. The Morgan fingerprint density at radius 2 is 1.24 bits per heavy atom. The largest absolute Gasteiger partial charge is 0.379 e. The molecule has 0 saturated heterocycles. The van der Waals surface area contributed by atoms with Crippen LogP contribution in [-0.2, 0) is 28.8 Å². The van der Waals surface area contributed by atoms with E-state index in [2.05, 4.69) is 47.0 Å². The van der Waals surface area contributed by atoms with Crippen LogP contribution in [0.3, 0.4) is 0 Å². The first-order valence-electron chi connectivity index (χ1n) is 15.9. The maximum Gasteiger partial charge on any atom is 0.343 e. The first kappa shape index (κ1) is 37.9. The van der Waals surface area contributed by atoms with Crippen LogP contribution in [0.25, 0.3) is 0 Å². The lowest BCUT2D eigenvalue weighted by molar-refractivity contribution is -0.555. The number of ether oxygens (including phenoxy) is 2. The molecule has 13 heteroatoms. The van der Waals surface area contributed by atoms with E-state index in [-0.39, 0.29) is 12.6 Å². The van der Waals surface area contributed by atoms with Gasteiger partial charge < -0.3 is 20.3 Å². The molecule has 0 saturated carbocycles. The van der Waals surface area contributed by atoms with E-state index >= 15 is 0 Å². The van der Waals surface area contributed by atoms with Crippen molar-refractivity contribution in [2.45, 2.75) is 131 Å². The highest BCUT2D eigenvalue weighted by Crippen LogP contribution is 2.39. The van der Waals surface area contributed by atoms with Crippen LogP contribution < -0.4 is 11.2 Å². The molecule has 1 heterocycles. The van der Waals surface area contributed by atoms with Crippen molar-refractivity contribution in [2.24, 2.45) is 10.7 Å². The van der Waals surface area contributed by atoms with Gasteiger partial charge in [-0.05, 0) is 38.5 Å². The normalized spacial score (nSPS) is 21.7. The minimum Gasteiger partial charge on any atom is -0.379 e. The lowest BCUT2D eigenvalue weighted by Crippen LogP contribution is -2.82. The number of nitrogens with two attached hydrogens (primary N) is 1. The van der Waals surface area contributed by atoms with Crippen molar-refractivity contribution < 1.29 is 33.9 Å². The molecule has 0 radical (unpaired) electrons. The molecule has 1 aliphatic rings. The third-order valence-corrected chi connectivity index (χ3v) is 6.31. The summed E-state index contributed by atoms with van der Waals surface area (Å²) in [5, 5.41) is 14.8. The maximum atomic E-state index is 10.8. The van der Waals surface area contributed by atoms with Gasteiger partial charge in [0.1, 0.15) is 6.73 Å². The standard InChI is InChI=1S/C28H60N6O7/c1-7-13-19-36-27(31-38-21-15-9-3)30-26(29)33(40-23-17-11-5)28(37-20-14-8-2,34(27)41-24-18-12-6)32(25-35)39-22-16-10-4/h31,35H,7-25H2,1-6H3,(H2,29,30). The molecule has 4 N–H and O–H groups in total. The first-order chi connectivity index (χ1) is 20.0. The average Bonchev–Trinajstić information content (AvgIpc) is 2.97. The third-order valence-electron chi connectivity index (χ3n) is 6.31. The maximum absolute atomic E-state index is 10.8. The average molecular weight is 593 g/mol. The molecule has 0 fully saturated rings. The van der Waals surface area contributed by atoms with Crippen molar-refractivity contribution in [1.82, 2.24) is 20.7 Å². The highest BCUT2D eigenvalue weighted by Gasteiger charge is 2.66. The SMILES string of the molecule is CCCCONC1(OCCCC)N=C(N)N(OCCCC)C(OCCCC)(N(CO)OCCCC)N1OCCCC. The summed E-state index contributed by atoms with van der Waals surface area (Å²) in [5.41, 5.74) is 9.67. The second-order valence-electron chi connectivity index (χ2n) is 10.0. The summed E-state index contributed by atoms with van der Waals surface area (Å²) < 4.78 is 13.1. The fraction of sp³-hybridized carbons (Fsp3) is 0.964.